The van der Waals surface area contributed by atoms with Crippen LogP contribution >= 0.6 is 80.7 Å². The van der Waals surface area contributed by atoms with Crippen LogP contribution in [-0.4, -0.2) is 42.6 Å². The van der Waals surface area contributed by atoms with E-state index in [4.69, 9.17) is 58.0 Å². The van der Waals surface area contributed by atoms with Gasteiger partial charge in [-0.15, -0.1) is 34.3 Å². The summed E-state index contributed by atoms with van der Waals surface area (Å²) in [7, 11) is 0. The molecule has 1 amide bonds. The monoisotopic (exact) mass is 542 g/mol. The summed E-state index contributed by atoms with van der Waals surface area (Å²) in [6.45, 7) is 3.71. The maximum absolute atomic E-state index is 11.4. The van der Waals surface area contributed by atoms with Crippen molar-refractivity contribution in [2.45, 2.75) is 24.7 Å². The number of carbonyl (C=O) groups excluding carboxylic acids is 1. The van der Waals surface area contributed by atoms with Crippen LogP contribution in [0.25, 0.3) is 10.7 Å². The van der Waals surface area contributed by atoms with Gasteiger partial charge in [0.25, 0.3) is 0 Å². The van der Waals surface area contributed by atoms with Crippen molar-refractivity contribution in [2.75, 3.05) is 0 Å². The lowest BCUT2D eigenvalue weighted by Gasteiger charge is -2.20. The Morgan fingerprint density at radius 2 is 1.47 bits per heavy atom. The molecule has 4 rings (SSSR count). The SMILES string of the molecule is Cc1ncsc1-c1nc(Cl)c(Cl)c(Cl)n1.Cc1ncsc1C1=NC(Cl)C(Cl)C(=O)N1. The van der Waals surface area contributed by atoms with E-state index in [9.17, 15) is 4.79 Å². The van der Waals surface area contributed by atoms with Crippen LogP contribution in [0.4, 0.5) is 0 Å². The molecule has 3 aromatic heterocycles. The van der Waals surface area contributed by atoms with Crippen molar-refractivity contribution in [3.8, 4) is 10.7 Å². The molecule has 14 heteroatoms. The molecule has 7 nitrogen and oxygen atoms in total. The number of aliphatic imine (C=N–C) groups is 1. The third-order valence-electron chi connectivity index (χ3n) is 3.67. The average Bonchev–Trinajstić information content (AvgIpc) is 3.32. The lowest BCUT2D eigenvalue weighted by atomic mass is 10.3. The Hall–Kier alpha value is -1.07. The smallest absolute Gasteiger partial charge is 0.247 e. The van der Waals surface area contributed by atoms with Gasteiger partial charge in [0.1, 0.15) is 16.2 Å². The third kappa shape index (κ3) is 5.21. The summed E-state index contributed by atoms with van der Waals surface area (Å²) >= 11 is 31.7. The third-order valence-corrected chi connectivity index (χ3v) is 7.54. The molecule has 0 spiro atoms. The van der Waals surface area contributed by atoms with Gasteiger partial charge in [-0.05, 0) is 13.8 Å². The molecule has 1 N–H and O–H groups in total. The second-order valence-electron chi connectivity index (χ2n) is 5.72. The maximum Gasteiger partial charge on any atom is 0.247 e. The van der Waals surface area contributed by atoms with Crippen molar-refractivity contribution in [2.24, 2.45) is 4.99 Å². The first-order valence-electron chi connectivity index (χ1n) is 8.05. The first-order valence-corrected chi connectivity index (χ1v) is 11.8. The van der Waals surface area contributed by atoms with E-state index in [1.807, 2.05) is 13.8 Å². The van der Waals surface area contributed by atoms with Gasteiger partial charge in [0.2, 0.25) is 5.91 Å². The van der Waals surface area contributed by atoms with Crippen LogP contribution in [0.1, 0.15) is 16.3 Å². The van der Waals surface area contributed by atoms with E-state index in [1.165, 1.54) is 22.7 Å². The molecule has 30 heavy (non-hydrogen) atoms. The standard InChI is InChI=1S/C8H4Cl3N3S.C8H7Cl2N3OS/c1-3-5(15-2-12-3)8-13-6(10)4(9)7(11)14-8;1-3-5(15-2-11-3)7-12-6(10)4(9)8(14)13-7/h2H,1H3;2,4,6H,1H3,(H,12,13,14). The van der Waals surface area contributed by atoms with Gasteiger partial charge in [0, 0.05) is 0 Å². The van der Waals surface area contributed by atoms with Gasteiger partial charge < -0.3 is 5.32 Å². The number of rotatable bonds is 2. The molecule has 0 aromatic carbocycles. The van der Waals surface area contributed by atoms with Gasteiger partial charge in [-0.1, -0.05) is 46.4 Å². The normalized spacial score (nSPS) is 18.4. The van der Waals surface area contributed by atoms with Crippen molar-refractivity contribution in [1.29, 1.82) is 0 Å². The zero-order valence-electron chi connectivity index (χ0n) is 15.2. The van der Waals surface area contributed by atoms with Crippen molar-refractivity contribution in [3.63, 3.8) is 0 Å². The topological polar surface area (TPSA) is 93.0 Å². The number of carbonyl (C=O) groups is 1. The number of aromatic nitrogens is 4. The quantitative estimate of drug-likeness (QED) is 0.266. The van der Waals surface area contributed by atoms with Crippen molar-refractivity contribution >= 4 is 92.4 Å². The van der Waals surface area contributed by atoms with Crippen LogP contribution in [0, 0.1) is 13.8 Å². The zero-order valence-corrected chi connectivity index (χ0v) is 20.6. The van der Waals surface area contributed by atoms with E-state index in [2.05, 4.69) is 30.2 Å². The summed E-state index contributed by atoms with van der Waals surface area (Å²) < 4.78 is 0. The van der Waals surface area contributed by atoms with Crippen LogP contribution in [0.2, 0.25) is 15.3 Å². The Balaban J connectivity index is 0.000000171. The number of nitrogens with zero attached hydrogens (tertiary/aromatic N) is 5. The number of amidine groups is 1. The molecular weight excluding hydrogens is 534 g/mol. The van der Waals surface area contributed by atoms with Crippen LogP contribution in [0.5, 0.6) is 0 Å². The molecule has 1 aliphatic rings. The van der Waals surface area contributed by atoms with Crippen LogP contribution in [0.15, 0.2) is 16.0 Å². The Labute approximate surface area is 204 Å². The van der Waals surface area contributed by atoms with Crippen LogP contribution in [0.3, 0.4) is 0 Å². The fourth-order valence-electron chi connectivity index (χ4n) is 2.19. The number of alkyl halides is 2. The van der Waals surface area contributed by atoms with Crippen LogP contribution in [-0.2, 0) is 4.79 Å². The van der Waals surface area contributed by atoms with E-state index < -0.39 is 10.9 Å². The molecule has 0 bridgehead atoms. The number of hydrogen-bond donors (Lipinski definition) is 1. The van der Waals surface area contributed by atoms with Crippen molar-refractivity contribution in [1.82, 2.24) is 25.3 Å². The summed E-state index contributed by atoms with van der Waals surface area (Å²) in [6, 6.07) is 0. The summed E-state index contributed by atoms with van der Waals surface area (Å²) in [5.74, 6) is 0.584. The molecule has 0 saturated carbocycles. The highest BCUT2D eigenvalue weighted by molar-refractivity contribution is 7.13. The molecule has 1 aliphatic heterocycles. The number of nitrogens with one attached hydrogen (secondary N) is 1. The summed E-state index contributed by atoms with van der Waals surface area (Å²) in [5.41, 5.74) is 4.34. The minimum absolute atomic E-state index is 0.152. The summed E-state index contributed by atoms with van der Waals surface area (Å²) in [4.78, 5) is 33.4. The van der Waals surface area contributed by atoms with E-state index in [0.717, 1.165) is 21.1 Å². The predicted octanol–water partition coefficient (Wildman–Crippen LogP) is 5.37. The molecule has 3 aromatic rings. The fraction of sp³-hybridized carbons (Fsp3) is 0.250. The number of thiazole rings is 2. The second-order valence-corrected chi connectivity index (χ2v) is 9.44. The summed E-state index contributed by atoms with van der Waals surface area (Å²) in [6.07, 6.45) is 0. The second kappa shape index (κ2) is 10.0. The number of aryl methyl sites for hydroxylation is 2. The molecule has 0 saturated heterocycles. The molecule has 0 radical (unpaired) electrons. The minimum atomic E-state index is -0.816. The van der Waals surface area contributed by atoms with Gasteiger partial charge in [-0.2, -0.15) is 0 Å². The van der Waals surface area contributed by atoms with E-state index in [1.54, 1.807) is 11.0 Å². The highest BCUT2D eigenvalue weighted by atomic mass is 35.5. The lowest BCUT2D eigenvalue weighted by molar-refractivity contribution is -0.119. The highest BCUT2D eigenvalue weighted by Gasteiger charge is 2.31. The molecule has 4 heterocycles. The maximum atomic E-state index is 11.4. The van der Waals surface area contributed by atoms with Crippen LogP contribution < -0.4 is 5.32 Å². The Morgan fingerprint density at radius 3 is 1.93 bits per heavy atom. The number of hydrogen-bond acceptors (Lipinski definition) is 8. The average molecular weight is 545 g/mol. The number of halogens is 5. The number of amides is 1. The minimum Gasteiger partial charge on any atom is -0.308 e. The summed E-state index contributed by atoms with van der Waals surface area (Å²) in [5, 5.41) is 2.26. The Morgan fingerprint density at radius 1 is 0.933 bits per heavy atom. The fourth-order valence-corrected chi connectivity index (χ4v) is 4.47. The van der Waals surface area contributed by atoms with E-state index in [0.29, 0.717) is 11.7 Å². The molecule has 158 valence electrons. The molecule has 0 aliphatic carbocycles. The van der Waals surface area contributed by atoms with Gasteiger partial charge >= 0.3 is 0 Å². The van der Waals surface area contributed by atoms with Gasteiger partial charge in [0.05, 0.1) is 32.2 Å². The van der Waals surface area contributed by atoms with E-state index >= 15 is 0 Å². The predicted molar refractivity (Wildman–Crippen MR) is 124 cm³/mol. The zero-order chi connectivity index (χ0) is 22.0. The first kappa shape index (κ1) is 23.6. The van der Waals surface area contributed by atoms with Gasteiger partial charge in [-0.25, -0.2) is 24.9 Å². The van der Waals surface area contributed by atoms with Gasteiger partial charge in [-0.3, -0.25) is 4.79 Å². The largest absolute Gasteiger partial charge is 0.308 e. The Bertz CT molecular complexity index is 1090. The molecular formula is C16H11Cl5N6OS2. The molecule has 2 unspecified atom stereocenters. The van der Waals surface area contributed by atoms with E-state index in [-0.39, 0.29) is 21.2 Å². The molecule has 0 fully saturated rings. The Kier molecular flexibility index (Phi) is 7.89. The molecule has 2 atom stereocenters. The highest BCUT2D eigenvalue weighted by Crippen LogP contribution is 2.31. The lowest BCUT2D eigenvalue weighted by Crippen LogP contribution is -2.45. The van der Waals surface area contributed by atoms with Crippen molar-refractivity contribution < 1.29 is 4.79 Å². The van der Waals surface area contributed by atoms with Gasteiger partial charge in [0.15, 0.2) is 21.6 Å². The van der Waals surface area contributed by atoms with Crippen molar-refractivity contribution in [3.05, 3.63) is 42.6 Å². The first-order chi connectivity index (χ1) is 14.2.